The number of rotatable bonds is 5. The molecule has 7 heteroatoms. The monoisotopic (exact) mass is 343 g/mol. The first kappa shape index (κ1) is 17.4. The summed E-state index contributed by atoms with van der Waals surface area (Å²) in [4.78, 5) is 14.5. The van der Waals surface area contributed by atoms with Crippen molar-refractivity contribution in [1.29, 1.82) is 0 Å². The number of nitrogens with zero attached hydrogens (tertiary/aromatic N) is 4. The van der Waals surface area contributed by atoms with Gasteiger partial charge in [0.15, 0.2) is 0 Å². The Morgan fingerprint density at radius 2 is 2.16 bits per heavy atom. The van der Waals surface area contributed by atoms with E-state index in [1.54, 1.807) is 0 Å². The molecule has 1 saturated heterocycles. The van der Waals surface area contributed by atoms with Gasteiger partial charge in [0.2, 0.25) is 11.8 Å². The van der Waals surface area contributed by atoms with Crippen LogP contribution in [0.2, 0.25) is 0 Å². The van der Waals surface area contributed by atoms with Crippen LogP contribution in [0.5, 0.6) is 5.88 Å². The van der Waals surface area contributed by atoms with Gasteiger partial charge in [0.05, 0.1) is 17.9 Å². The lowest BCUT2D eigenvalue weighted by Gasteiger charge is -2.32. The van der Waals surface area contributed by atoms with Crippen LogP contribution in [0.1, 0.15) is 41.9 Å². The molecule has 0 saturated carbocycles. The van der Waals surface area contributed by atoms with E-state index in [1.165, 1.54) is 0 Å². The molecule has 25 heavy (non-hydrogen) atoms. The van der Waals surface area contributed by atoms with Gasteiger partial charge in [0.25, 0.3) is 0 Å². The molecule has 1 atom stereocenters. The van der Waals surface area contributed by atoms with Crippen molar-refractivity contribution in [2.45, 2.75) is 52.6 Å². The van der Waals surface area contributed by atoms with Gasteiger partial charge in [0, 0.05) is 24.7 Å². The molecular formula is C18H25N5O2. The molecule has 1 aliphatic rings. The van der Waals surface area contributed by atoms with Crippen LogP contribution < -0.4 is 4.74 Å². The summed E-state index contributed by atoms with van der Waals surface area (Å²) >= 11 is 0. The third-order valence-electron chi connectivity index (χ3n) is 4.66. The molecule has 1 aliphatic heterocycles. The van der Waals surface area contributed by atoms with E-state index in [0.717, 1.165) is 48.5 Å². The quantitative estimate of drug-likeness (QED) is 0.899. The number of carbonyl (C=O) groups excluding carboxylic acids is 1. The lowest BCUT2D eigenvalue weighted by atomic mass is 10.0. The van der Waals surface area contributed by atoms with Crippen molar-refractivity contribution in [2.24, 2.45) is 0 Å². The highest BCUT2D eigenvalue weighted by atomic mass is 16.5. The number of aryl methyl sites for hydroxylation is 3. The number of piperidine rings is 1. The van der Waals surface area contributed by atoms with Crippen molar-refractivity contribution in [3.63, 3.8) is 0 Å². The van der Waals surface area contributed by atoms with Crippen molar-refractivity contribution < 1.29 is 9.53 Å². The normalized spacial score (nSPS) is 17.6. The topological polar surface area (TPSA) is 84.0 Å². The standard InChI is InChI=1S/C18H25N5O2/c1-12-6-8-17(22-19-12)25-15-5-4-10-23(11-15)18(24)9-7-16-13(2)20-21-14(16)3/h6,8,15H,4-5,7,9-11H2,1-3H3,(H,20,21)/t15-/m0/s1. The SMILES string of the molecule is Cc1ccc(O[C@H]2CCCN(C(=O)CCc3c(C)n[nH]c3C)C2)nn1. The Morgan fingerprint density at radius 3 is 2.84 bits per heavy atom. The summed E-state index contributed by atoms with van der Waals surface area (Å²) in [5.74, 6) is 0.692. The number of carbonyl (C=O) groups is 1. The van der Waals surface area contributed by atoms with Crippen molar-refractivity contribution in [1.82, 2.24) is 25.3 Å². The van der Waals surface area contributed by atoms with Gasteiger partial charge in [-0.1, -0.05) is 0 Å². The fourth-order valence-electron chi connectivity index (χ4n) is 3.21. The average Bonchev–Trinajstić information content (AvgIpc) is 2.93. The van der Waals surface area contributed by atoms with Crippen LogP contribution in [-0.4, -0.2) is 50.4 Å². The van der Waals surface area contributed by atoms with E-state index < -0.39 is 0 Å². The van der Waals surface area contributed by atoms with Crippen LogP contribution in [0.4, 0.5) is 0 Å². The first-order chi connectivity index (χ1) is 12.0. The van der Waals surface area contributed by atoms with E-state index in [0.29, 0.717) is 18.8 Å². The molecule has 7 nitrogen and oxygen atoms in total. The molecule has 0 aromatic carbocycles. The second-order valence-corrected chi connectivity index (χ2v) is 6.65. The van der Waals surface area contributed by atoms with Crippen LogP contribution >= 0.6 is 0 Å². The molecule has 0 radical (unpaired) electrons. The maximum atomic E-state index is 12.6. The van der Waals surface area contributed by atoms with E-state index in [9.17, 15) is 4.79 Å². The third-order valence-corrected chi connectivity index (χ3v) is 4.66. The minimum atomic E-state index is -0.0212. The zero-order valence-electron chi connectivity index (χ0n) is 15.1. The number of amides is 1. The van der Waals surface area contributed by atoms with Crippen molar-refractivity contribution in [3.05, 3.63) is 34.8 Å². The molecule has 2 aromatic rings. The van der Waals surface area contributed by atoms with Gasteiger partial charge in [-0.25, -0.2) is 0 Å². The van der Waals surface area contributed by atoms with E-state index >= 15 is 0 Å². The van der Waals surface area contributed by atoms with Gasteiger partial charge in [-0.2, -0.15) is 10.2 Å². The summed E-state index contributed by atoms with van der Waals surface area (Å²) in [6.45, 7) is 7.25. The van der Waals surface area contributed by atoms with Crippen LogP contribution in [0.25, 0.3) is 0 Å². The first-order valence-electron chi connectivity index (χ1n) is 8.78. The van der Waals surface area contributed by atoms with Gasteiger partial charge in [-0.05, 0) is 51.7 Å². The molecule has 0 spiro atoms. The Morgan fingerprint density at radius 1 is 1.32 bits per heavy atom. The molecular weight excluding hydrogens is 318 g/mol. The second-order valence-electron chi connectivity index (χ2n) is 6.65. The number of H-pyrrole nitrogens is 1. The molecule has 1 N–H and O–H groups in total. The van der Waals surface area contributed by atoms with Crippen LogP contribution in [-0.2, 0) is 11.2 Å². The molecule has 2 aromatic heterocycles. The van der Waals surface area contributed by atoms with Crippen molar-refractivity contribution in [3.8, 4) is 5.88 Å². The molecule has 0 bridgehead atoms. The van der Waals surface area contributed by atoms with Crippen molar-refractivity contribution >= 4 is 5.91 Å². The zero-order chi connectivity index (χ0) is 17.8. The minimum Gasteiger partial charge on any atom is -0.471 e. The molecule has 3 heterocycles. The largest absolute Gasteiger partial charge is 0.471 e. The van der Waals surface area contributed by atoms with E-state index in [1.807, 2.05) is 37.8 Å². The highest BCUT2D eigenvalue weighted by Gasteiger charge is 2.25. The Labute approximate surface area is 147 Å². The summed E-state index contributed by atoms with van der Waals surface area (Å²) < 4.78 is 5.90. The molecule has 134 valence electrons. The number of aromatic amines is 1. The Bertz CT molecular complexity index is 706. The number of likely N-dealkylation sites (tertiary alicyclic amines) is 1. The summed E-state index contributed by atoms with van der Waals surface area (Å²) in [6, 6.07) is 3.71. The fourth-order valence-corrected chi connectivity index (χ4v) is 3.21. The summed E-state index contributed by atoms with van der Waals surface area (Å²) in [6.07, 6.45) is 3.07. The predicted molar refractivity (Wildman–Crippen MR) is 93.4 cm³/mol. The maximum Gasteiger partial charge on any atom is 0.233 e. The second kappa shape index (κ2) is 7.63. The highest BCUT2D eigenvalue weighted by Crippen LogP contribution is 2.18. The van der Waals surface area contributed by atoms with Crippen LogP contribution in [0.15, 0.2) is 12.1 Å². The van der Waals surface area contributed by atoms with E-state index in [-0.39, 0.29) is 12.0 Å². The van der Waals surface area contributed by atoms with E-state index in [4.69, 9.17) is 4.74 Å². The minimum absolute atomic E-state index is 0.0212. The summed E-state index contributed by atoms with van der Waals surface area (Å²) in [5.41, 5.74) is 4.02. The number of nitrogens with one attached hydrogen (secondary N) is 1. The summed E-state index contributed by atoms with van der Waals surface area (Å²) in [5, 5.41) is 15.2. The Kier molecular flexibility index (Phi) is 5.31. The lowest BCUT2D eigenvalue weighted by Crippen LogP contribution is -2.44. The lowest BCUT2D eigenvalue weighted by molar-refractivity contribution is -0.133. The number of hydrogen-bond acceptors (Lipinski definition) is 5. The number of ether oxygens (including phenoxy) is 1. The predicted octanol–water partition coefficient (Wildman–Crippen LogP) is 2.13. The van der Waals surface area contributed by atoms with Gasteiger partial charge >= 0.3 is 0 Å². The fraction of sp³-hybridized carbons (Fsp3) is 0.556. The zero-order valence-corrected chi connectivity index (χ0v) is 15.1. The number of hydrogen-bond donors (Lipinski definition) is 1. The highest BCUT2D eigenvalue weighted by molar-refractivity contribution is 5.76. The third kappa shape index (κ3) is 4.35. The number of aromatic nitrogens is 4. The maximum absolute atomic E-state index is 12.6. The molecule has 3 rings (SSSR count). The molecule has 0 unspecified atom stereocenters. The Hall–Kier alpha value is -2.44. The summed E-state index contributed by atoms with van der Waals surface area (Å²) in [7, 11) is 0. The molecule has 1 amide bonds. The first-order valence-corrected chi connectivity index (χ1v) is 8.78. The smallest absolute Gasteiger partial charge is 0.233 e. The van der Waals surface area contributed by atoms with Crippen molar-refractivity contribution in [2.75, 3.05) is 13.1 Å². The van der Waals surface area contributed by atoms with Gasteiger partial charge in [-0.3, -0.25) is 9.89 Å². The molecule has 0 aliphatic carbocycles. The van der Waals surface area contributed by atoms with Crippen LogP contribution in [0, 0.1) is 20.8 Å². The van der Waals surface area contributed by atoms with Crippen LogP contribution in [0.3, 0.4) is 0 Å². The Balaban J connectivity index is 1.53. The van der Waals surface area contributed by atoms with Gasteiger partial charge in [0.1, 0.15) is 6.10 Å². The van der Waals surface area contributed by atoms with Gasteiger partial charge in [-0.15, -0.1) is 5.10 Å². The van der Waals surface area contributed by atoms with E-state index in [2.05, 4.69) is 20.4 Å². The average molecular weight is 343 g/mol. The molecule has 1 fully saturated rings. The van der Waals surface area contributed by atoms with Gasteiger partial charge < -0.3 is 9.64 Å².